The van der Waals surface area contributed by atoms with Crippen molar-refractivity contribution in [1.29, 1.82) is 0 Å². The fraction of sp³-hybridized carbons (Fsp3) is 0.286. The second-order valence-corrected chi connectivity index (χ2v) is 9.23. The van der Waals surface area contributed by atoms with Gasteiger partial charge in [0.05, 0.1) is 19.2 Å². The van der Waals surface area contributed by atoms with E-state index >= 15 is 0 Å². The molecule has 3 aromatic rings. The summed E-state index contributed by atoms with van der Waals surface area (Å²) in [4.78, 5) is 41.2. The third kappa shape index (κ3) is 7.97. The summed E-state index contributed by atoms with van der Waals surface area (Å²) in [6, 6.07) is 12.3. The van der Waals surface area contributed by atoms with Gasteiger partial charge in [0, 0.05) is 17.6 Å². The molecule has 2 aromatic carbocycles. The van der Waals surface area contributed by atoms with Gasteiger partial charge in [-0.3, -0.25) is 14.4 Å². The molecule has 1 fully saturated rings. The number of halogens is 2. The number of nitrogens with one attached hydrogen (secondary N) is 3. The number of aromatic nitrogens is 1. The number of amides is 3. The van der Waals surface area contributed by atoms with Crippen LogP contribution in [0.4, 0.5) is 8.78 Å². The van der Waals surface area contributed by atoms with E-state index < -0.39 is 17.5 Å². The number of hydrogen-bond acceptors (Lipinski definition) is 6. The fourth-order valence-electron chi connectivity index (χ4n) is 4.28. The highest BCUT2D eigenvalue weighted by atomic mass is 19.1. The zero-order valence-electron chi connectivity index (χ0n) is 21.0. The van der Waals surface area contributed by atoms with E-state index in [1.54, 1.807) is 18.2 Å². The van der Waals surface area contributed by atoms with Crippen molar-refractivity contribution in [3.8, 4) is 17.4 Å². The number of benzene rings is 2. The van der Waals surface area contributed by atoms with Gasteiger partial charge in [0.25, 0.3) is 5.91 Å². The molecule has 0 unspecified atom stereocenters. The number of nitrogens with zero attached hydrogens (tertiary/aromatic N) is 1. The number of carbonyl (C=O) groups is 3. The van der Waals surface area contributed by atoms with Crippen LogP contribution in [0.2, 0.25) is 0 Å². The molecule has 11 heteroatoms. The largest absolute Gasteiger partial charge is 0.508 e. The number of rotatable bonds is 9. The van der Waals surface area contributed by atoms with Crippen LogP contribution < -0.4 is 20.7 Å². The van der Waals surface area contributed by atoms with Gasteiger partial charge < -0.3 is 25.8 Å². The lowest BCUT2D eigenvalue weighted by Crippen LogP contribution is -2.46. The minimum Gasteiger partial charge on any atom is -0.508 e. The Morgan fingerprint density at radius 1 is 0.897 bits per heavy atom. The lowest BCUT2D eigenvalue weighted by Gasteiger charge is -2.29. The van der Waals surface area contributed by atoms with Gasteiger partial charge in [-0.2, -0.15) is 0 Å². The van der Waals surface area contributed by atoms with Gasteiger partial charge in [0.2, 0.25) is 17.7 Å². The quantitative estimate of drug-likeness (QED) is 0.331. The first-order chi connectivity index (χ1) is 18.8. The standard InChI is InChI=1S/C28H28F2N4O5/c29-18-5-11-22(12-6-18)39-28-23(14-19(30)15-32-28)27(38)34-21-9-7-20(8-10-21)33-26(37)16-31-25(36)13-17-3-1-2-4-24(17)35/h1-6,11-12,14-15,20-21,35H,7-10,13,16H2,(H,31,36)(H,33,37)(H,34,38). The predicted octanol–water partition coefficient (Wildman–Crippen LogP) is 3.37. The summed E-state index contributed by atoms with van der Waals surface area (Å²) in [5.74, 6) is -2.26. The summed E-state index contributed by atoms with van der Waals surface area (Å²) in [7, 11) is 0. The molecule has 0 spiro atoms. The molecule has 4 N–H and O–H groups in total. The molecule has 3 amide bonds. The van der Waals surface area contributed by atoms with Gasteiger partial charge in [-0.05, 0) is 62.1 Å². The van der Waals surface area contributed by atoms with Gasteiger partial charge in [-0.25, -0.2) is 13.8 Å². The van der Waals surface area contributed by atoms with Crippen LogP contribution in [-0.4, -0.2) is 46.4 Å². The van der Waals surface area contributed by atoms with E-state index in [-0.39, 0.29) is 59.8 Å². The minimum atomic E-state index is -0.703. The van der Waals surface area contributed by atoms with Gasteiger partial charge in [-0.1, -0.05) is 18.2 Å². The molecule has 1 aliphatic rings. The lowest BCUT2D eigenvalue weighted by atomic mass is 9.91. The number of para-hydroxylation sites is 1. The van der Waals surface area contributed by atoms with Crippen molar-refractivity contribution in [3.05, 3.63) is 83.6 Å². The van der Waals surface area contributed by atoms with Gasteiger partial charge in [-0.15, -0.1) is 0 Å². The second kappa shape index (κ2) is 12.8. The maximum atomic E-state index is 13.9. The molecule has 0 radical (unpaired) electrons. The van der Waals surface area contributed by atoms with Crippen molar-refractivity contribution < 1.29 is 33.0 Å². The van der Waals surface area contributed by atoms with E-state index in [2.05, 4.69) is 20.9 Å². The van der Waals surface area contributed by atoms with E-state index in [4.69, 9.17) is 4.74 Å². The Morgan fingerprint density at radius 3 is 2.26 bits per heavy atom. The third-order valence-corrected chi connectivity index (χ3v) is 6.31. The van der Waals surface area contributed by atoms with Crippen molar-refractivity contribution in [1.82, 2.24) is 20.9 Å². The molecule has 9 nitrogen and oxygen atoms in total. The van der Waals surface area contributed by atoms with E-state index in [0.29, 0.717) is 31.2 Å². The van der Waals surface area contributed by atoms with E-state index in [1.807, 2.05) is 0 Å². The third-order valence-electron chi connectivity index (χ3n) is 6.31. The summed E-state index contributed by atoms with van der Waals surface area (Å²) < 4.78 is 32.6. The average Bonchev–Trinajstić information content (AvgIpc) is 2.92. The SMILES string of the molecule is O=C(Cc1ccccc1O)NCC(=O)NC1CCC(NC(=O)c2cc(F)cnc2Oc2ccc(F)cc2)CC1. The van der Waals surface area contributed by atoms with E-state index in [0.717, 1.165) is 12.3 Å². The highest BCUT2D eigenvalue weighted by molar-refractivity contribution is 5.96. The maximum Gasteiger partial charge on any atom is 0.257 e. The molecule has 1 saturated carbocycles. The Balaban J connectivity index is 1.22. The molecule has 0 saturated heterocycles. The van der Waals surface area contributed by atoms with Crippen LogP contribution in [0.1, 0.15) is 41.6 Å². The fourth-order valence-corrected chi connectivity index (χ4v) is 4.28. The van der Waals surface area contributed by atoms with Crippen molar-refractivity contribution in [2.45, 2.75) is 44.2 Å². The van der Waals surface area contributed by atoms with Crippen molar-refractivity contribution >= 4 is 17.7 Å². The van der Waals surface area contributed by atoms with E-state index in [9.17, 15) is 28.3 Å². The molecule has 39 heavy (non-hydrogen) atoms. The molecule has 0 aliphatic heterocycles. The van der Waals surface area contributed by atoms with Crippen LogP contribution in [0.3, 0.4) is 0 Å². The molecule has 1 aromatic heterocycles. The van der Waals surface area contributed by atoms with Crippen molar-refractivity contribution in [2.24, 2.45) is 0 Å². The monoisotopic (exact) mass is 538 g/mol. The predicted molar refractivity (Wildman–Crippen MR) is 137 cm³/mol. The average molecular weight is 539 g/mol. The van der Waals surface area contributed by atoms with Crippen LogP contribution in [0.25, 0.3) is 0 Å². The highest BCUT2D eigenvalue weighted by Gasteiger charge is 2.26. The number of hydrogen-bond donors (Lipinski definition) is 4. The molecule has 0 bridgehead atoms. The summed E-state index contributed by atoms with van der Waals surface area (Å²) in [5, 5.41) is 18.1. The van der Waals surface area contributed by atoms with Crippen molar-refractivity contribution in [2.75, 3.05) is 6.54 Å². The summed E-state index contributed by atoms with van der Waals surface area (Å²) in [6.07, 6.45) is 3.24. The zero-order chi connectivity index (χ0) is 27.8. The summed E-state index contributed by atoms with van der Waals surface area (Å²) in [6.45, 7) is -0.188. The van der Waals surface area contributed by atoms with Gasteiger partial charge in [0.15, 0.2) is 0 Å². The van der Waals surface area contributed by atoms with Crippen LogP contribution in [0.5, 0.6) is 17.4 Å². The molecular weight excluding hydrogens is 510 g/mol. The normalized spacial score (nSPS) is 16.7. The van der Waals surface area contributed by atoms with Crippen LogP contribution in [-0.2, 0) is 16.0 Å². The second-order valence-electron chi connectivity index (χ2n) is 9.23. The lowest BCUT2D eigenvalue weighted by molar-refractivity contribution is -0.126. The smallest absolute Gasteiger partial charge is 0.257 e. The maximum absolute atomic E-state index is 13.9. The Bertz CT molecular complexity index is 1330. The Labute approximate surface area is 223 Å². The molecule has 4 rings (SSSR count). The first kappa shape index (κ1) is 27.5. The zero-order valence-corrected chi connectivity index (χ0v) is 21.0. The summed E-state index contributed by atoms with van der Waals surface area (Å²) in [5.41, 5.74) is 0.383. The molecule has 1 aliphatic carbocycles. The number of aromatic hydroxyl groups is 1. The topological polar surface area (TPSA) is 130 Å². The van der Waals surface area contributed by atoms with Crippen LogP contribution >= 0.6 is 0 Å². The minimum absolute atomic E-state index is 0.0197. The van der Waals surface area contributed by atoms with Gasteiger partial charge in [0.1, 0.15) is 28.7 Å². The van der Waals surface area contributed by atoms with Crippen LogP contribution in [0.15, 0.2) is 60.8 Å². The van der Waals surface area contributed by atoms with Crippen molar-refractivity contribution in [3.63, 3.8) is 0 Å². The Kier molecular flexibility index (Phi) is 9.03. The summed E-state index contributed by atoms with van der Waals surface area (Å²) >= 11 is 0. The first-order valence-corrected chi connectivity index (χ1v) is 12.5. The van der Waals surface area contributed by atoms with E-state index in [1.165, 1.54) is 30.3 Å². The number of pyridine rings is 1. The van der Waals surface area contributed by atoms with Crippen LogP contribution in [0, 0.1) is 11.6 Å². The number of phenolic OH excluding ortho intramolecular Hbond substituents is 1. The number of carbonyl (C=O) groups excluding carboxylic acids is 3. The Morgan fingerprint density at radius 2 is 1.56 bits per heavy atom. The number of ether oxygens (including phenoxy) is 1. The number of phenols is 1. The Hall–Kier alpha value is -4.54. The molecule has 204 valence electrons. The molecule has 1 heterocycles. The first-order valence-electron chi connectivity index (χ1n) is 12.5. The van der Waals surface area contributed by atoms with Gasteiger partial charge >= 0.3 is 0 Å². The highest BCUT2D eigenvalue weighted by Crippen LogP contribution is 2.25. The molecular formula is C28H28F2N4O5. The molecule has 0 atom stereocenters.